The third-order valence-corrected chi connectivity index (χ3v) is 6.61. The van der Waals surface area contributed by atoms with Gasteiger partial charge in [-0.1, -0.05) is 47.6 Å². The summed E-state index contributed by atoms with van der Waals surface area (Å²) in [5, 5.41) is 12.7. The molecule has 1 amide bonds. The number of carbonyl (C=O) groups excluding carboxylic acids is 1. The predicted octanol–water partition coefficient (Wildman–Crippen LogP) is 4.54. The van der Waals surface area contributed by atoms with E-state index in [4.69, 9.17) is 25.1 Å². The van der Waals surface area contributed by atoms with Gasteiger partial charge < -0.3 is 14.6 Å². The zero-order chi connectivity index (χ0) is 28.4. The topological polar surface area (TPSA) is 141 Å². The molecule has 0 radical (unpaired) electrons. The SMILES string of the molecule is C[C@@H]1OC(c2ccc(OCCCO)cc2)=N[C@]1(Cc1ccccc1N=[N+]=[N-])C(=O)NNCCc1ccccc1F. The molecule has 0 bridgehead atoms. The second kappa shape index (κ2) is 13.6. The first-order chi connectivity index (χ1) is 19.5. The summed E-state index contributed by atoms with van der Waals surface area (Å²) in [7, 11) is 0. The molecule has 0 aromatic heterocycles. The maximum atomic E-state index is 14.0. The van der Waals surface area contributed by atoms with Crippen LogP contribution in [0.5, 0.6) is 5.75 Å². The third-order valence-electron chi connectivity index (χ3n) is 6.61. The van der Waals surface area contributed by atoms with E-state index in [2.05, 4.69) is 20.9 Å². The number of hydrogen-bond donors (Lipinski definition) is 3. The van der Waals surface area contributed by atoms with Crippen LogP contribution in [0.25, 0.3) is 10.4 Å². The molecule has 0 aliphatic carbocycles. The summed E-state index contributed by atoms with van der Waals surface area (Å²) >= 11 is 0. The number of amides is 1. The summed E-state index contributed by atoms with van der Waals surface area (Å²) < 4.78 is 25.7. The lowest BCUT2D eigenvalue weighted by Gasteiger charge is -2.28. The van der Waals surface area contributed by atoms with Crippen molar-refractivity contribution in [3.05, 3.63) is 106 Å². The Labute approximate surface area is 231 Å². The van der Waals surface area contributed by atoms with Gasteiger partial charge in [0.15, 0.2) is 5.54 Å². The monoisotopic (exact) mass is 546 g/mol. The second-order valence-electron chi connectivity index (χ2n) is 9.27. The number of carbonyl (C=O) groups is 1. The molecule has 0 saturated heterocycles. The summed E-state index contributed by atoms with van der Waals surface area (Å²) in [4.78, 5) is 21.4. The lowest BCUT2D eigenvalue weighted by Crippen LogP contribution is -2.56. The fourth-order valence-corrected chi connectivity index (χ4v) is 4.39. The van der Waals surface area contributed by atoms with E-state index < -0.39 is 17.6 Å². The molecule has 40 heavy (non-hydrogen) atoms. The van der Waals surface area contributed by atoms with Gasteiger partial charge in [0.25, 0.3) is 5.91 Å². The molecule has 1 aliphatic heterocycles. The maximum absolute atomic E-state index is 14.0. The molecule has 2 atom stereocenters. The lowest BCUT2D eigenvalue weighted by atomic mass is 9.85. The molecule has 3 N–H and O–H groups in total. The highest BCUT2D eigenvalue weighted by molar-refractivity contribution is 6.00. The molecule has 4 rings (SSSR count). The molecule has 11 heteroatoms. The highest BCUT2D eigenvalue weighted by atomic mass is 19.1. The van der Waals surface area contributed by atoms with Crippen molar-refractivity contribution in [3.63, 3.8) is 0 Å². The molecule has 1 aliphatic rings. The number of aliphatic imine (C=N–C) groups is 1. The normalized spacial score (nSPS) is 17.9. The maximum Gasteiger partial charge on any atom is 0.266 e. The molecule has 0 fully saturated rings. The van der Waals surface area contributed by atoms with Crippen LogP contribution in [0, 0.1) is 5.82 Å². The lowest BCUT2D eigenvalue weighted by molar-refractivity contribution is -0.129. The van der Waals surface area contributed by atoms with Gasteiger partial charge in [0.2, 0.25) is 5.90 Å². The van der Waals surface area contributed by atoms with Crippen molar-refractivity contribution >= 4 is 17.5 Å². The Bertz CT molecular complexity index is 1390. The van der Waals surface area contributed by atoms with Gasteiger partial charge in [-0.15, -0.1) is 0 Å². The van der Waals surface area contributed by atoms with Crippen LogP contribution in [-0.4, -0.2) is 48.3 Å². The van der Waals surface area contributed by atoms with E-state index in [0.29, 0.717) is 54.1 Å². The zero-order valence-corrected chi connectivity index (χ0v) is 22.1. The first-order valence-corrected chi connectivity index (χ1v) is 13.0. The molecule has 1 heterocycles. The average Bonchev–Trinajstić information content (AvgIpc) is 3.30. The van der Waals surface area contributed by atoms with Crippen LogP contribution in [0.15, 0.2) is 82.9 Å². The number of nitrogens with one attached hydrogen (secondary N) is 2. The van der Waals surface area contributed by atoms with E-state index in [1.807, 2.05) is 0 Å². The largest absolute Gasteiger partial charge is 0.494 e. The van der Waals surface area contributed by atoms with Crippen molar-refractivity contribution in [2.24, 2.45) is 10.1 Å². The van der Waals surface area contributed by atoms with E-state index in [1.54, 1.807) is 73.7 Å². The van der Waals surface area contributed by atoms with Crippen LogP contribution in [0.3, 0.4) is 0 Å². The molecule has 0 spiro atoms. The van der Waals surface area contributed by atoms with Crippen molar-refractivity contribution in [1.82, 2.24) is 10.9 Å². The molecule has 208 valence electrons. The highest BCUT2D eigenvalue weighted by Gasteiger charge is 2.50. The Morgan fingerprint density at radius 2 is 1.88 bits per heavy atom. The minimum absolute atomic E-state index is 0.0472. The van der Waals surface area contributed by atoms with Gasteiger partial charge in [-0.3, -0.25) is 10.2 Å². The second-order valence-corrected chi connectivity index (χ2v) is 9.27. The van der Waals surface area contributed by atoms with Gasteiger partial charge in [-0.25, -0.2) is 14.8 Å². The van der Waals surface area contributed by atoms with Crippen LogP contribution in [-0.2, 0) is 22.4 Å². The van der Waals surface area contributed by atoms with Gasteiger partial charge in [0.1, 0.15) is 17.7 Å². The van der Waals surface area contributed by atoms with Crippen LogP contribution >= 0.6 is 0 Å². The third kappa shape index (κ3) is 6.76. The zero-order valence-electron chi connectivity index (χ0n) is 22.1. The Hall–Kier alpha value is -4.44. The van der Waals surface area contributed by atoms with Crippen molar-refractivity contribution in [2.45, 2.75) is 37.8 Å². The molecule has 10 nitrogen and oxygen atoms in total. The standard InChI is InChI=1S/C29H31FN6O4/c1-20-29(19-23-8-3-5-10-26(23)34-36-31,28(38)35-32-16-15-21-7-2-4-9-25(21)30)33-27(40-20)22-11-13-24(14-12-22)39-18-6-17-37/h2-5,7-14,20,32,37H,6,15-19H2,1H3,(H,35,38)/t20-,29-/m0/s1. The van der Waals surface area contributed by atoms with E-state index in [0.717, 1.165) is 0 Å². The van der Waals surface area contributed by atoms with E-state index in [-0.39, 0.29) is 24.7 Å². The highest BCUT2D eigenvalue weighted by Crippen LogP contribution is 2.35. The van der Waals surface area contributed by atoms with Crippen molar-refractivity contribution in [3.8, 4) is 5.75 Å². The number of benzene rings is 3. The molecule has 0 unspecified atom stereocenters. The number of ether oxygens (including phenoxy) is 2. The average molecular weight is 547 g/mol. The van der Waals surface area contributed by atoms with Crippen molar-refractivity contribution in [1.29, 1.82) is 0 Å². The van der Waals surface area contributed by atoms with E-state index in [1.165, 1.54) is 6.07 Å². The quantitative estimate of drug-likeness (QED) is 0.0949. The van der Waals surface area contributed by atoms with Crippen molar-refractivity contribution in [2.75, 3.05) is 19.8 Å². The summed E-state index contributed by atoms with van der Waals surface area (Å²) in [6.45, 7) is 2.49. The molecular weight excluding hydrogens is 515 g/mol. The Morgan fingerprint density at radius 1 is 1.15 bits per heavy atom. The fourth-order valence-electron chi connectivity index (χ4n) is 4.39. The van der Waals surface area contributed by atoms with Gasteiger partial charge in [-0.2, -0.15) is 0 Å². The van der Waals surface area contributed by atoms with Crippen LogP contribution < -0.4 is 15.6 Å². The summed E-state index contributed by atoms with van der Waals surface area (Å²) in [5.74, 6) is 0.175. The van der Waals surface area contributed by atoms with Crippen LogP contribution in [0.1, 0.15) is 30.0 Å². The molecule has 3 aromatic carbocycles. The predicted molar refractivity (Wildman–Crippen MR) is 149 cm³/mol. The molecule has 0 saturated carbocycles. The van der Waals surface area contributed by atoms with Crippen molar-refractivity contribution < 1.29 is 23.8 Å². The number of nitrogens with zero attached hydrogens (tertiary/aromatic N) is 4. The number of hydrogen-bond acceptors (Lipinski definition) is 7. The van der Waals surface area contributed by atoms with E-state index in [9.17, 15) is 9.18 Å². The number of aliphatic hydroxyl groups excluding tert-OH is 1. The smallest absolute Gasteiger partial charge is 0.266 e. The number of hydrazine groups is 1. The number of halogens is 1. The van der Waals surface area contributed by atoms with Gasteiger partial charge >= 0.3 is 0 Å². The minimum Gasteiger partial charge on any atom is -0.494 e. The minimum atomic E-state index is -1.39. The molecular formula is C29H31FN6O4. The summed E-state index contributed by atoms with van der Waals surface area (Å²) in [6, 6.07) is 20.6. The number of aliphatic hydroxyl groups is 1. The molecule has 3 aromatic rings. The Balaban J connectivity index is 1.57. The Morgan fingerprint density at radius 3 is 2.60 bits per heavy atom. The first-order valence-electron chi connectivity index (χ1n) is 13.0. The van der Waals surface area contributed by atoms with Gasteiger partial charge in [0, 0.05) is 42.2 Å². The first kappa shape index (κ1) is 28.6. The van der Waals surface area contributed by atoms with Crippen LogP contribution in [0.4, 0.5) is 10.1 Å². The van der Waals surface area contributed by atoms with Crippen LogP contribution in [0.2, 0.25) is 0 Å². The van der Waals surface area contributed by atoms with Gasteiger partial charge in [-0.05, 0) is 60.3 Å². The number of azide groups is 1. The fraction of sp³-hybridized carbons (Fsp3) is 0.310. The van der Waals surface area contributed by atoms with E-state index >= 15 is 0 Å². The summed E-state index contributed by atoms with van der Waals surface area (Å²) in [6.07, 6.45) is 0.330. The number of rotatable bonds is 13. The van der Waals surface area contributed by atoms with Gasteiger partial charge in [0.05, 0.1) is 6.61 Å². The summed E-state index contributed by atoms with van der Waals surface area (Å²) in [5.41, 5.74) is 15.5. The Kier molecular flexibility index (Phi) is 9.69.